The van der Waals surface area contributed by atoms with Gasteiger partial charge in [-0.2, -0.15) is 0 Å². The number of hydrogen-bond acceptors (Lipinski definition) is 3. The van der Waals surface area contributed by atoms with Crippen LogP contribution >= 0.6 is 15.9 Å². The molecule has 7 heteroatoms. The molecular weight excluding hydrogens is 362 g/mol. The van der Waals surface area contributed by atoms with E-state index in [0.29, 0.717) is 12.2 Å². The molecule has 126 valence electrons. The number of morpholine rings is 1. The smallest absolute Gasteiger partial charge is 0.275 e. The van der Waals surface area contributed by atoms with Gasteiger partial charge in [-0.15, -0.1) is 0 Å². The minimum atomic E-state index is -0.246. The van der Waals surface area contributed by atoms with E-state index in [9.17, 15) is 9.59 Å². The molecule has 2 amide bonds. The Bertz CT molecular complexity index is 557. The normalized spacial score (nSPS) is 24.0. The minimum Gasteiger partial charge on any atom is -0.364 e. The lowest BCUT2D eigenvalue weighted by Crippen LogP contribution is -3.16. The molecule has 1 aromatic rings. The average Bonchev–Trinajstić information content (AvgIpc) is 2.46. The van der Waals surface area contributed by atoms with Crippen LogP contribution in [0.5, 0.6) is 0 Å². The number of anilines is 1. The highest BCUT2D eigenvalue weighted by Crippen LogP contribution is 2.20. The standard InChI is InChI=1S/C16H22BrN3O3/c1-11-8-20(9-12(2)23-11)10-16(22)18-7-15(21)19-14-6-4-3-5-13(14)17/h3-6,11-12H,7-10H2,1-2H3,(H,18,22)(H,19,21)/p+1/t11-,12+. The molecule has 0 aliphatic carbocycles. The van der Waals surface area contributed by atoms with Crippen molar-refractivity contribution in [3.63, 3.8) is 0 Å². The first-order chi connectivity index (χ1) is 10.9. The molecule has 0 spiro atoms. The Labute approximate surface area is 144 Å². The molecule has 3 N–H and O–H groups in total. The van der Waals surface area contributed by atoms with Gasteiger partial charge in [0.15, 0.2) is 6.54 Å². The van der Waals surface area contributed by atoms with E-state index in [4.69, 9.17) is 4.74 Å². The van der Waals surface area contributed by atoms with Crippen molar-refractivity contribution in [3.05, 3.63) is 28.7 Å². The van der Waals surface area contributed by atoms with Gasteiger partial charge >= 0.3 is 0 Å². The Hall–Kier alpha value is -1.44. The number of benzene rings is 1. The summed E-state index contributed by atoms with van der Waals surface area (Å²) >= 11 is 3.36. The van der Waals surface area contributed by atoms with Gasteiger partial charge in [0.05, 0.1) is 12.2 Å². The van der Waals surface area contributed by atoms with E-state index in [1.54, 1.807) is 6.07 Å². The highest BCUT2D eigenvalue weighted by molar-refractivity contribution is 9.10. The van der Waals surface area contributed by atoms with Crippen LogP contribution in [0.3, 0.4) is 0 Å². The van der Waals surface area contributed by atoms with Crippen molar-refractivity contribution >= 4 is 33.4 Å². The largest absolute Gasteiger partial charge is 0.364 e. The summed E-state index contributed by atoms with van der Waals surface area (Å²) in [4.78, 5) is 25.1. The molecule has 0 saturated carbocycles. The molecule has 2 rings (SSSR count). The fourth-order valence-corrected chi connectivity index (χ4v) is 3.14. The first kappa shape index (κ1) is 17.9. The molecular formula is C16H23BrN3O3+. The Morgan fingerprint density at radius 2 is 1.87 bits per heavy atom. The SMILES string of the molecule is C[C@@H]1C[NH+](CC(=O)NCC(=O)Nc2ccccc2Br)C[C@H](C)O1. The molecule has 3 atom stereocenters. The van der Waals surface area contributed by atoms with Crippen LogP contribution in [0.4, 0.5) is 5.69 Å². The third-order valence-corrected chi connectivity index (χ3v) is 4.31. The summed E-state index contributed by atoms with van der Waals surface area (Å²) < 4.78 is 6.46. The zero-order valence-corrected chi connectivity index (χ0v) is 15.0. The number of quaternary nitrogens is 1. The predicted molar refractivity (Wildman–Crippen MR) is 91.4 cm³/mol. The molecule has 0 radical (unpaired) electrons. The summed E-state index contributed by atoms with van der Waals surface area (Å²) in [6.45, 7) is 5.97. The summed E-state index contributed by atoms with van der Waals surface area (Å²) in [6.07, 6.45) is 0.306. The van der Waals surface area contributed by atoms with E-state index in [1.807, 2.05) is 32.0 Å². The van der Waals surface area contributed by atoms with E-state index in [1.165, 1.54) is 4.90 Å². The summed E-state index contributed by atoms with van der Waals surface area (Å²) in [5, 5.41) is 5.43. The number of ether oxygens (including phenoxy) is 1. The van der Waals surface area contributed by atoms with Gasteiger partial charge in [-0.05, 0) is 41.9 Å². The van der Waals surface area contributed by atoms with Crippen molar-refractivity contribution in [2.24, 2.45) is 0 Å². The Morgan fingerprint density at radius 3 is 2.52 bits per heavy atom. The van der Waals surface area contributed by atoms with E-state index in [0.717, 1.165) is 17.6 Å². The quantitative estimate of drug-likeness (QED) is 0.678. The fourth-order valence-electron chi connectivity index (χ4n) is 2.76. The first-order valence-electron chi connectivity index (χ1n) is 7.74. The zero-order chi connectivity index (χ0) is 16.8. The maximum atomic E-state index is 12.0. The Kier molecular flexibility index (Phi) is 6.56. The lowest BCUT2D eigenvalue weighted by Gasteiger charge is -2.31. The van der Waals surface area contributed by atoms with Gasteiger partial charge in [-0.25, -0.2) is 0 Å². The summed E-state index contributed by atoms with van der Waals surface area (Å²) in [7, 11) is 0. The third kappa shape index (κ3) is 5.93. The number of para-hydroxylation sites is 1. The number of amides is 2. The van der Waals surface area contributed by atoms with Crippen molar-refractivity contribution in [2.75, 3.05) is 31.5 Å². The molecule has 6 nitrogen and oxygen atoms in total. The number of rotatable bonds is 5. The molecule has 1 saturated heterocycles. The summed E-state index contributed by atoms with van der Waals surface area (Å²) in [6, 6.07) is 7.35. The highest BCUT2D eigenvalue weighted by atomic mass is 79.9. The van der Waals surface area contributed by atoms with Gasteiger partial charge in [0.1, 0.15) is 25.3 Å². The molecule has 1 heterocycles. The van der Waals surface area contributed by atoms with E-state index in [-0.39, 0.29) is 30.6 Å². The monoisotopic (exact) mass is 384 g/mol. The second-order valence-electron chi connectivity index (χ2n) is 5.90. The van der Waals surface area contributed by atoms with Crippen LogP contribution in [0.25, 0.3) is 0 Å². The number of carbonyl (C=O) groups excluding carboxylic acids is 2. The van der Waals surface area contributed by atoms with Crippen molar-refractivity contribution < 1.29 is 19.2 Å². The third-order valence-electron chi connectivity index (χ3n) is 3.62. The van der Waals surface area contributed by atoms with Crippen LogP contribution in [-0.4, -0.2) is 50.2 Å². The maximum Gasteiger partial charge on any atom is 0.275 e. The van der Waals surface area contributed by atoms with Crippen LogP contribution in [0.2, 0.25) is 0 Å². The van der Waals surface area contributed by atoms with Gasteiger partial charge in [0.25, 0.3) is 5.91 Å². The second kappa shape index (κ2) is 8.42. The first-order valence-corrected chi connectivity index (χ1v) is 8.53. The van der Waals surface area contributed by atoms with Crippen molar-refractivity contribution in [1.82, 2.24) is 5.32 Å². The predicted octanol–water partition coefficient (Wildman–Crippen LogP) is 0.196. The number of nitrogens with one attached hydrogen (secondary N) is 3. The van der Waals surface area contributed by atoms with Crippen molar-refractivity contribution in [1.29, 1.82) is 0 Å². The topological polar surface area (TPSA) is 71.9 Å². The Balaban J connectivity index is 1.73. The Morgan fingerprint density at radius 1 is 1.22 bits per heavy atom. The van der Waals surface area contributed by atoms with Crippen LogP contribution in [0.1, 0.15) is 13.8 Å². The molecule has 1 fully saturated rings. The van der Waals surface area contributed by atoms with Gasteiger partial charge in [-0.1, -0.05) is 12.1 Å². The highest BCUT2D eigenvalue weighted by Gasteiger charge is 2.27. The van der Waals surface area contributed by atoms with Crippen LogP contribution in [0.15, 0.2) is 28.7 Å². The summed E-state index contributed by atoms with van der Waals surface area (Å²) in [5.74, 6) is -0.368. The molecule has 1 unspecified atom stereocenters. The number of carbonyl (C=O) groups is 2. The van der Waals surface area contributed by atoms with E-state index >= 15 is 0 Å². The van der Waals surface area contributed by atoms with Gasteiger partial charge < -0.3 is 20.3 Å². The lowest BCUT2D eigenvalue weighted by atomic mass is 10.2. The van der Waals surface area contributed by atoms with Gasteiger partial charge in [-0.3, -0.25) is 9.59 Å². The fraction of sp³-hybridized carbons (Fsp3) is 0.500. The maximum absolute atomic E-state index is 12.0. The molecule has 1 aliphatic rings. The van der Waals surface area contributed by atoms with Crippen LogP contribution in [0, 0.1) is 0 Å². The van der Waals surface area contributed by atoms with Crippen molar-refractivity contribution in [3.8, 4) is 0 Å². The number of halogens is 1. The van der Waals surface area contributed by atoms with Gasteiger partial charge in [0.2, 0.25) is 5.91 Å². The van der Waals surface area contributed by atoms with Crippen LogP contribution < -0.4 is 15.5 Å². The zero-order valence-electron chi connectivity index (χ0n) is 13.4. The molecule has 0 aromatic heterocycles. The lowest BCUT2D eigenvalue weighted by molar-refractivity contribution is -0.907. The molecule has 1 aliphatic heterocycles. The summed E-state index contributed by atoms with van der Waals surface area (Å²) in [5.41, 5.74) is 0.688. The minimum absolute atomic E-state index is 0.0327. The second-order valence-corrected chi connectivity index (χ2v) is 6.75. The molecule has 0 bridgehead atoms. The van der Waals surface area contributed by atoms with Gasteiger partial charge in [0, 0.05) is 4.47 Å². The van der Waals surface area contributed by atoms with Crippen molar-refractivity contribution in [2.45, 2.75) is 26.1 Å². The van der Waals surface area contributed by atoms with E-state index in [2.05, 4.69) is 26.6 Å². The molecule has 23 heavy (non-hydrogen) atoms. The average molecular weight is 385 g/mol. The van der Waals surface area contributed by atoms with Crippen LogP contribution in [-0.2, 0) is 14.3 Å². The number of hydrogen-bond donors (Lipinski definition) is 3. The van der Waals surface area contributed by atoms with E-state index < -0.39 is 0 Å². The molecule has 1 aromatic carbocycles.